The zero-order valence-electron chi connectivity index (χ0n) is 11.4. The Bertz CT molecular complexity index is 554. The number of thioether (sulfide) groups is 1. The molecule has 1 N–H and O–H groups in total. The standard InChI is InChI=1S/C12H15N3O5S/c1-20-10-3-2-9(15(18)19)12(13-10)14-4-5-21-7-8(14)6-11(16)17/h2-3,8H,4-7H2,1H3,(H,16,17). The van der Waals surface area contributed by atoms with Crippen molar-refractivity contribution in [2.45, 2.75) is 12.5 Å². The van der Waals surface area contributed by atoms with Crippen LogP contribution in [0.2, 0.25) is 0 Å². The molecule has 0 radical (unpaired) electrons. The van der Waals surface area contributed by atoms with Crippen molar-refractivity contribution in [3.63, 3.8) is 0 Å². The molecule has 1 fully saturated rings. The summed E-state index contributed by atoms with van der Waals surface area (Å²) >= 11 is 1.63. The van der Waals surface area contributed by atoms with E-state index in [1.165, 1.54) is 19.2 Å². The van der Waals surface area contributed by atoms with Gasteiger partial charge in [0.1, 0.15) is 0 Å². The van der Waals surface area contributed by atoms with Gasteiger partial charge in [0.15, 0.2) is 0 Å². The predicted octanol–water partition coefficient (Wildman–Crippen LogP) is 1.39. The molecular formula is C12H15N3O5S. The van der Waals surface area contributed by atoms with E-state index < -0.39 is 10.9 Å². The van der Waals surface area contributed by atoms with Gasteiger partial charge in [-0.3, -0.25) is 14.9 Å². The molecule has 0 amide bonds. The zero-order chi connectivity index (χ0) is 15.4. The first kappa shape index (κ1) is 15.4. The van der Waals surface area contributed by atoms with E-state index in [-0.39, 0.29) is 29.8 Å². The zero-order valence-corrected chi connectivity index (χ0v) is 12.2. The first-order valence-corrected chi connectivity index (χ1v) is 7.44. The number of nitro groups is 1. The number of carboxylic acid groups (broad SMARTS) is 1. The summed E-state index contributed by atoms with van der Waals surface area (Å²) in [6.07, 6.45) is -0.0803. The van der Waals surface area contributed by atoms with Crippen LogP contribution in [-0.4, -0.2) is 52.2 Å². The van der Waals surface area contributed by atoms with E-state index in [9.17, 15) is 14.9 Å². The lowest BCUT2D eigenvalue weighted by atomic mass is 10.2. The van der Waals surface area contributed by atoms with Crippen molar-refractivity contribution in [3.05, 3.63) is 22.2 Å². The van der Waals surface area contributed by atoms with Gasteiger partial charge in [0.25, 0.3) is 0 Å². The molecule has 0 aliphatic carbocycles. The summed E-state index contributed by atoms with van der Waals surface area (Å²) in [5.41, 5.74) is -0.141. The molecule has 0 saturated carbocycles. The van der Waals surface area contributed by atoms with Gasteiger partial charge in [-0.1, -0.05) is 0 Å². The second kappa shape index (κ2) is 6.61. The molecule has 2 heterocycles. The maximum absolute atomic E-state index is 11.2. The van der Waals surface area contributed by atoms with Gasteiger partial charge in [-0.15, -0.1) is 0 Å². The van der Waals surface area contributed by atoms with Gasteiger partial charge in [0.05, 0.1) is 24.5 Å². The van der Waals surface area contributed by atoms with E-state index in [1.807, 2.05) is 0 Å². The fourth-order valence-electron chi connectivity index (χ4n) is 2.20. The summed E-state index contributed by atoms with van der Waals surface area (Å²) in [5.74, 6) is 0.876. The van der Waals surface area contributed by atoms with Crippen LogP contribution in [0.15, 0.2) is 12.1 Å². The number of aromatic nitrogens is 1. The number of hydrogen-bond acceptors (Lipinski definition) is 7. The van der Waals surface area contributed by atoms with Crippen molar-refractivity contribution in [1.29, 1.82) is 0 Å². The number of ether oxygens (including phenoxy) is 1. The smallest absolute Gasteiger partial charge is 0.311 e. The van der Waals surface area contributed by atoms with E-state index in [1.54, 1.807) is 16.7 Å². The van der Waals surface area contributed by atoms with Gasteiger partial charge in [-0.05, 0) is 0 Å². The highest BCUT2D eigenvalue weighted by molar-refractivity contribution is 7.99. The molecule has 21 heavy (non-hydrogen) atoms. The van der Waals surface area contributed by atoms with Crippen LogP contribution in [0.3, 0.4) is 0 Å². The highest BCUT2D eigenvalue weighted by Gasteiger charge is 2.31. The molecule has 0 spiro atoms. The summed E-state index contributed by atoms with van der Waals surface area (Å²) in [6, 6.07) is 2.44. The predicted molar refractivity (Wildman–Crippen MR) is 78.2 cm³/mol. The number of aliphatic carboxylic acids is 1. The van der Waals surface area contributed by atoms with Crippen LogP contribution in [0.4, 0.5) is 11.5 Å². The molecule has 1 aromatic heterocycles. The number of pyridine rings is 1. The summed E-state index contributed by atoms with van der Waals surface area (Å²) in [4.78, 5) is 27.5. The maximum atomic E-state index is 11.2. The number of rotatable bonds is 5. The Morgan fingerprint density at radius 1 is 1.67 bits per heavy atom. The van der Waals surface area contributed by atoms with E-state index in [0.717, 1.165) is 5.75 Å². The fourth-order valence-corrected chi connectivity index (χ4v) is 3.26. The molecule has 0 bridgehead atoms. The average molecular weight is 313 g/mol. The first-order chi connectivity index (χ1) is 10.0. The van der Waals surface area contributed by atoms with Crippen LogP contribution in [0.25, 0.3) is 0 Å². The van der Waals surface area contributed by atoms with Gasteiger partial charge in [0.2, 0.25) is 11.7 Å². The Kier molecular flexibility index (Phi) is 4.84. The van der Waals surface area contributed by atoms with Crippen LogP contribution >= 0.6 is 11.8 Å². The molecule has 0 aromatic carbocycles. The van der Waals surface area contributed by atoms with E-state index in [4.69, 9.17) is 9.84 Å². The fraction of sp³-hybridized carbons (Fsp3) is 0.500. The second-order valence-corrected chi connectivity index (χ2v) is 5.62. The van der Waals surface area contributed by atoms with Crippen molar-refractivity contribution < 1.29 is 19.6 Å². The SMILES string of the molecule is COc1ccc([N+](=O)[O-])c(N2CCSCC2CC(=O)O)n1. The quantitative estimate of drug-likeness (QED) is 0.642. The van der Waals surface area contributed by atoms with E-state index >= 15 is 0 Å². The second-order valence-electron chi connectivity index (χ2n) is 4.47. The molecule has 1 unspecified atom stereocenters. The Hall–Kier alpha value is -2.03. The Balaban J connectivity index is 2.40. The third-order valence-corrected chi connectivity index (χ3v) is 4.24. The third kappa shape index (κ3) is 3.54. The molecule has 114 valence electrons. The number of carboxylic acids is 1. The lowest BCUT2D eigenvalue weighted by Gasteiger charge is -2.35. The topological polar surface area (TPSA) is 106 Å². The number of nitrogens with zero attached hydrogens (tertiary/aromatic N) is 3. The molecule has 8 nitrogen and oxygen atoms in total. The van der Waals surface area contributed by atoms with Gasteiger partial charge >= 0.3 is 11.7 Å². The molecule has 1 saturated heterocycles. The van der Waals surface area contributed by atoms with E-state index in [0.29, 0.717) is 12.3 Å². The molecular weight excluding hydrogens is 298 g/mol. The Morgan fingerprint density at radius 2 is 2.43 bits per heavy atom. The highest BCUT2D eigenvalue weighted by atomic mass is 32.2. The van der Waals surface area contributed by atoms with Crippen molar-refractivity contribution in [2.24, 2.45) is 0 Å². The van der Waals surface area contributed by atoms with Gasteiger partial charge < -0.3 is 14.7 Å². The molecule has 1 aromatic rings. The normalized spacial score (nSPS) is 18.3. The molecule has 1 atom stereocenters. The summed E-state index contributed by atoms with van der Waals surface area (Å²) in [5, 5.41) is 20.2. The lowest BCUT2D eigenvalue weighted by Crippen LogP contribution is -2.44. The highest BCUT2D eigenvalue weighted by Crippen LogP contribution is 2.33. The van der Waals surface area contributed by atoms with Crippen LogP contribution in [0, 0.1) is 10.1 Å². The number of carbonyl (C=O) groups is 1. The van der Waals surface area contributed by atoms with Crippen molar-refractivity contribution >= 4 is 29.2 Å². The van der Waals surface area contributed by atoms with Gasteiger partial charge in [0, 0.05) is 30.2 Å². The van der Waals surface area contributed by atoms with Gasteiger partial charge in [-0.25, -0.2) is 0 Å². The number of methoxy groups -OCH3 is 1. The molecule has 2 rings (SSSR count). The molecule has 1 aliphatic rings. The minimum atomic E-state index is -0.932. The van der Waals surface area contributed by atoms with Gasteiger partial charge in [-0.2, -0.15) is 16.7 Å². The third-order valence-electron chi connectivity index (χ3n) is 3.14. The minimum Gasteiger partial charge on any atom is -0.481 e. The Labute approximate surface area is 125 Å². The van der Waals surface area contributed by atoms with Crippen molar-refractivity contribution in [3.8, 4) is 5.88 Å². The number of hydrogen-bond donors (Lipinski definition) is 1. The van der Waals surface area contributed by atoms with E-state index in [2.05, 4.69) is 4.98 Å². The minimum absolute atomic E-state index is 0.0803. The Morgan fingerprint density at radius 3 is 3.05 bits per heavy atom. The van der Waals surface area contributed by atoms with Crippen LogP contribution in [0.5, 0.6) is 5.88 Å². The summed E-state index contributed by atoms with van der Waals surface area (Å²) < 4.78 is 5.01. The average Bonchev–Trinajstić information content (AvgIpc) is 2.46. The lowest BCUT2D eigenvalue weighted by molar-refractivity contribution is -0.384. The van der Waals surface area contributed by atoms with Crippen LogP contribution < -0.4 is 9.64 Å². The monoisotopic (exact) mass is 313 g/mol. The number of anilines is 1. The van der Waals surface area contributed by atoms with Crippen molar-refractivity contribution in [2.75, 3.05) is 30.1 Å². The molecule has 1 aliphatic heterocycles. The van der Waals surface area contributed by atoms with Crippen LogP contribution in [0.1, 0.15) is 6.42 Å². The maximum Gasteiger partial charge on any atom is 0.311 e. The van der Waals surface area contributed by atoms with Crippen molar-refractivity contribution in [1.82, 2.24) is 4.98 Å². The summed E-state index contributed by atoms with van der Waals surface area (Å²) in [7, 11) is 1.43. The first-order valence-electron chi connectivity index (χ1n) is 6.28. The largest absolute Gasteiger partial charge is 0.481 e. The summed E-state index contributed by atoms with van der Waals surface area (Å²) in [6.45, 7) is 0.517. The molecule has 9 heteroatoms. The van der Waals surface area contributed by atoms with Crippen LogP contribution in [-0.2, 0) is 4.79 Å².